The van der Waals surface area contributed by atoms with Gasteiger partial charge in [0.05, 0.1) is 6.61 Å². The Bertz CT molecular complexity index is 351. The van der Waals surface area contributed by atoms with Crippen molar-refractivity contribution in [2.75, 3.05) is 13.2 Å². The maximum absolute atomic E-state index is 5.67. The van der Waals surface area contributed by atoms with Crippen molar-refractivity contribution >= 4 is 0 Å². The summed E-state index contributed by atoms with van der Waals surface area (Å²) in [4.78, 5) is 0. The monoisotopic (exact) mass is 277 g/mol. The fourth-order valence-electron chi connectivity index (χ4n) is 2.33. The van der Waals surface area contributed by atoms with Gasteiger partial charge in [-0.2, -0.15) is 0 Å². The van der Waals surface area contributed by atoms with Crippen LogP contribution in [0, 0.1) is 5.92 Å². The molecule has 1 atom stereocenters. The second kappa shape index (κ2) is 10.7. The highest BCUT2D eigenvalue weighted by atomic mass is 16.5. The number of rotatable bonds is 11. The normalized spacial score (nSPS) is 12.3. The van der Waals surface area contributed by atoms with Gasteiger partial charge in [-0.25, -0.2) is 0 Å². The second-order valence-corrected chi connectivity index (χ2v) is 5.54. The van der Waals surface area contributed by atoms with Gasteiger partial charge in [0.25, 0.3) is 0 Å². The van der Waals surface area contributed by atoms with Crippen molar-refractivity contribution in [2.45, 2.75) is 59.4 Å². The van der Waals surface area contributed by atoms with E-state index in [2.05, 4.69) is 44.3 Å². The SMILES string of the molecule is CCCCC(CC)CNCc1cccc(OCCC)c1. The minimum atomic E-state index is 0.797. The number of hydrogen-bond acceptors (Lipinski definition) is 2. The lowest BCUT2D eigenvalue weighted by Crippen LogP contribution is -2.22. The van der Waals surface area contributed by atoms with E-state index < -0.39 is 0 Å². The molecule has 0 aliphatic heterocycles. The topological polar surface area (TPSA) is 21.3 Å². The molecule has 1 rings (SSSR count). The fourth-order valence-corrected chi connectivity index (χ4v) is 2.33. The molecular formula is C18H31NO. The third-order valence-corrected chi connectivity index (χ3v) is 3.68. The van der Waals surface area contributed by atoms with Crippen LogP contribution in [-0.4, -0.2) is 13.2 Å². The van der Waals surface area contributed by atoms with Crippen molar-refractivity contribution in [1.29, 1.82) is 0 Å². The van der Waals surface area contributed by atoms with E-state index in [1.165, 1.54) is 31.2 Å². The minimum absolute atomic E-state index is 0.797. The maximum atomic E-state index is 5.67. The Morgan fingerprint density at radius 3 is 2.70 bits per heavy atom. The molecule has 0 aliphatic rings. The molecule has 114 valence electrons. The summed E-state index contributed by atoms with van der Waals surface area (Å²) < 4.78 is 5.67. The van der Waals surface area contributed by atoms with Gasteiger partial charge in [0.15, 0.2) is 0 Å². The largest absolute Gasteiger partial charge is 0.494 e. The Labute approximate surface area is 124 Å². The summed E-state index contributed by atoms with van der Waals surface area (Å²) >= 11 is 0. The van der Waals surface area contributed by atoms with E-state index in [0.717, 1.165) is 37.8 Å². The first kappa shape index (κ1) is 17.0. The lowest BCUT2D eigenvalue weighted by Gasteiger charge is -2.15. The number of nitrogens with one attached hydrogen (secondary N) is 1. The van der Waals surface area contributed by atoms with Crippen LogP contribution in [0.15, 0.2) is 24.3 Å². The number of ether oxygens (including phenoxy) is 1. The molecule has 0 spiro atoms. The molecule has 2 heteroatoms. The summed E-state index contributed by atoms with van der Waals surface area (Å²) in [5.74, 6) is 1.80. The third kappa shape index (κ3) is 6.95. The summed E-state index contributed by atoms with van der Waals surface area (Å²) in [6.07, 6.45) is 6.32. The number of hydrogen-bond donors (Lipinski definition) is 1. The van der Waals surface area contributed by atoms with Gasteiger partial charge in [0.1, 0.15) is 5.75 Å². The number of unbranched alkanes of at least 4 members (excludes halogenated alkanes) is 1. The predicted octanol–water partition coefficient (Wildman–Crippen LogP) is 4.78. The average molecular weight is 277 g/mol. The molecular weight excluding hydrogens is 246 g/mol. The van der Waals surface area contributed by atoms with Crippen LogP contribution in [0.5, 0.6) is 5.75 Å². The fraction of sp³-hybridized carbons (Fsp3) is 0.667. The molecule has 1 aromatic carbocycles. The van der Waals surface area contributed by atoms with Crippen LogP contribution in [-0.2, 0) is 6.54 Å². The lowest BCUT2D eigenvalue weighted by atomic mass is 9.99. The van der Waals surface area contributed by atoms with Crippen molar-refractivity contribution in [1.82, 2.24) is 5.32 Å². The first-order valence-corrected chi connectivity index (χ1v) is 8.22. The first-order chi connectivity index (χ1) is 9.80. The van der Waals surface area contributed by atoms with Crippen molar-refractivity contribution in [2.24, 2.45) is 5.92 Å². The molecule has 0 aromatic heterocycles. The van der Waals surface area contributed by atoms with Gasteiger partial charge in [-0.1, -0.05) is 52.2 Å². The van der Waals surface area contributed by atoms with Crippen LogP contribution in [0.4, 0.5) is 0 Å². The molecule has 0 fully saturated rings. The maximum Gasteiger partial charge on any atom is 0.119 e. The molecule has 1 N–H and O–H groups in total. The van der Waals surface area contributed by atoms with E-state index in [1.807, 2.05) is 6.07 Å². The molecule has 1 aromatic rings. The van der Waals surface area contributed by atoms with Crippen LogP contribution < -0.4 is 10.1 Å². The van der Waals surface area contributed by atoms with Crippen LogP contribution in [0.3, 0.4) is 0 Å². The highest BCUT2D eigenvalue weighted by Gasteiger charge is 2.05. The zero-order chi connectivity index (χ0) is 14.6. The van der Waals surface area contributed by atoms with Crippen LogP contribution >= 0.6 is 0 Å². The molecule has 0 heterocycles. The van der Waals surface area contributed by atoms with Crippen LogP contribution in [0.1, 0.15) is 58.4 Å². The molecule has 0 bridgehead atoms. The van der Waals surface area contributed by atoms with Crippen LogP contribution in [0.25, 0.3) is 0 Å². The van der Waals surface area contributed by atoms with Gasteiger partial charge in [-0.15, -0.1) is 0 Å². The van der Waals surface area contributed by atoms with Gasteiger partial charge >= 0.3 is 0 Å². The van der Waals surface area contributed by atoms with Gasteiger partial charge in [-0.3, -0.25) is 0 Å². The Hall–Kier alpha value is -1.02. The Morgan fingerprint density at radius 2 is 2.00 bits per heavy atom. The molecule has 0 saturated carbocycles. The van der Waals surface area contributed by atoms with Crippen molar-refractivity contribution in [3.63, 3.8) is 0 Å². The van der Waals surface area contributed by atoms with E-state index >= 15 is 0 Å². The summed E-state index contributed by atoms with van der Waals surface area (Å²) in [7, 11) is 0. The van der Waals surface area contributed by atoms with Gasteiger partial charge in [0, 0.05) is 6.54 Å². The molecule has 2 nitrogen and oxygen atoms in total. The lowest BCUT2D eigenvalue weighted by molar-refractivity contribution is 0.317. The summed E-state index contributed by atoms with van der Waals surface area (Å²) in [5, 5.41) is 3.59. The Kier molecular flexibility index (Phi) is 9.14. The third-order valence-electron chi connectivity index (χ3n) is 3.68. The molecule has 0 saturated heterocycles. The van der Waals surface area contributed by atoms with Crippen molar-refractivity contribution in [3.05, 3.63) is 29.8 Å². The summed E-state index contributed by atoms with van der Waals surface area (Å²) in [6, 6.07) is 8.43. The van der Waals surface area contributed by atoms with Crippen molar-refractivity contribution in [3.8, 4) is 5.75 Å². The van der Waals surface area contributed by atoms with E-state index in [1.54, 1.807) is 0 Å². The Morgan fingerprint density at radius 1 is 1.15 bits per heavy atom. The van der Waals surface area contributed by atoms with E-state index in [9.17, 15) is 0 Å². The smallest absolute Gasteiger partial charge is 0.119 e. The van der Waals surface area contributed by atoms with Crippen LogP contribution in [0.2, 0.25) is 0 Å². The standard InChI is InChI=1S/C18H31NO/c1-4-7-9-16(6-3)14-19-15-17-10-8-11-18(13-17)20-12-5-2/h8,10-11,13,16,19H,4-7,9,12,14-15H2,1-3H3. The molecule has 1 unspecified atom stereocenters. The first-order valence-electron chi connectivity index (χ1n) is 8.22. The van der Waals surface area contributed by atoms with Gasteiger partial charge < -0.3 is 10.1 Å². The number of benzene rings is 1. The zero-order valence-corrected chi connectivity index (χ0v) is 13.5. The van der Waals surface area contributed by atoms with E-state index in [-0.39, 0.29) is 0 Å². The summed E-state index contributed by atoms with van der Waals surface area (Å²) in [5.41, 5.74) is 1.31. The molecule has 0 radical (unpaired) electrons. The van der Waals surface area contributed by atoms with E-state index in [4.69, 9.17) is 4.74 Å². The van der Waals surface area contributed by atoms with Crippen molar-refractivity contribution < 1.29 is 4.74 Å². The highest BCUT2D eigenvalue weighted by Crippen LogP contribution is 2.14. The highest BCUT2D eigenvalue weighted by molar-refractivity contribution is 5.28. The van der Waals surface area contributed by atoms with Gasteiger partial charge in [0.2, 0.25) is 0 Å². The average Bonchev–Trinajstić information content (AvgIpc) is 2.49. The second-order valence-electron chi connectivity index (χ2n) is 5.54. The van der Waals surface area contributed by atoms with Gasteiger partial charge in [-0.05, 0) is 43.0 Å². The molecule has 0 aliphatic carbocycles. The molecule has 0 amide bonds. The predicted molar refractivity (Wildman–Crippen MR) is 87.2 cm³/mol. The minimum Gasteiger partial charge on any atom is -0.494 e. The Balaban J connectivity index is 2.33. The summed E-state index contributed by atoms with van der Waals surface area (Å²) in [6.45, 7) is 9.55. The quantitative estimate of drug-likeness (QED) is 0.628. The molecule has 20 heavy (non-hydrogen) atoms. The van der Waals surface area contributed by atoms with E-state index in [0.29, 0.717) is 0 Å². The zero-order valence-electron chi connectivity index (χ0n) is 13.5.